The van der Waals surface area contributed by atoms with Gasteiger partial charge in [-0.3, -0.25) is 14.5 Å². The molecule has 1 aliphatic heterocycles. The molecule has 0 aromatic heterocycles. The second-order valence-electron chi connectivity index (χ2n) is 6.41. The Morgan fingerprint density at radius 3 is 2.42 bits per heavy atom. The van der Waals surface area contributed by atoms with E-state index < -0.39 is 0 Å². The minimum absolute atomic E-state index is 0.106. The van der Waals surface area contributed by atoms with Crippen LogP contribution < -0.4 is 0 Å². The van der Waals surface area contributed by atoms with E-state index in [1.54, 1.807) is 36.2 Å². The van der Waals surface area contributed by atoms with Gasteiger partial charge in [-0.15, -0.1) is 0 Å². The molecular weight excluding hydrogens is 356 g/mol. The topological polar surface area (TPSA) is 70.1 Å². The van der Waals surface area contributed by atoms with Gasteiger partial charge in [0.05, 0.1) is 18.3 Å². The standard InChI is InChI=1S/C19H25ClN2O4/c1-13(2)26-12-4-9-22-18(24)16(14-5-7-15(20)8-6-14)17(19(22)25)21(3)10-11-23/h5-8,13,23H,4,9-12H2,1-3H3. The Kier molecular flexibility index (Phi) is 7.20. The predicted octanol–water partition coefficient (Wildman–Crippen LogP) is 2.16. The third-order valence-electron chi connectivity index (χ3n) is 4.07. The van der Waals surface area contributed by atoms with Crippen LogP contribution in [0.15, 0.2) is 30.0 Å². The SMILES string of the molecule is CC(C)OCCCN1C(=O)C(c2ccc(Cl)cc2)=C(N(C)CCO)C1=O. The first-order valence-corrected chi connectivity index (χ1v) is 9.04. The number of likely N-dealkylation sites (N-methyl/N-ethyl adjacent to an activating group) is 1. The second kappa shape index (κ2) is 9.16. The highest BCUT2D eigenvalue weighted by atomic mass is 35.5. The van der Waals surface area contributed by atoms with Crippen LogP contribution in [0.3, 0.4) is 0 Å². The van der Waals surface area contributed by atoms with Gasteiger partial charge in [0, 0.05) is 31.8 Å². The molecule has 1 aliphatic rings. The summed E-state index contributed by atoms with van der Waals surface area (Å²) in [7, 11) is 1.69. The van der Waals surface area contributed by atoms with Crippen molar-refractivity contribution in [2.75, 3.05) is 33.4 Å². The van der Waals surface area contributed by atoms with Crippen molar-refractivity contribution in [3.63, 3.8) is 0 Å². The van der Waals surface area contributed by atoms with E-state index in [-0.39, 0.29) is 37.6 Å². The van der Waals surface area contributed by atoms with Crippen LogP contribution in [0, 0.1) is 0 Å². The molecule has 0 saturated carbocycles. The lowest BCUT2D eigenvalue weighted by molar-refractivity contribution is -0.137. The first kappa shape index (κ1) is 20.4. The molecular formula is C19H25ClN2O4. The van der Waals surface area contributed by atoms with E-state index in [2.05, 4.69) is 0 Å². The highest BCUT2D eigenvalue weighted by molar-refractivity contribution is 6.36. The second-order valence-corrected chi connectivity index (χ2v) is 6.85. The molecule has 0 bridgehead atoms. The Morgan fingerprint density at radius 2 is 1.85 bits per heavy atom. The molecule has 7 heteroatoms. The number of hydrogen-bond donors (Lipinski definition) is 1. The summed E-state index contributed by atoms with van der Waals surface area (Å²) in [5, 5.41) is 9.78. The number of nitrogens with zero attached hydrogens (tertiary/aromatic N) is 2. The lowest BCUT2D eigenvalue weighted by Crippen LogP contribution is -2.36. The summed E-state index contributed by atoms with van der Waals surface area (Å²) in [5.41, 5.74) is 1.28. The molecule has 0 radical (unpaired) electrons. The molecule has 1 heterocycles. The number of aliphatic hydroxyl groups excluding tert-OH is 1. The van der Waals surface area contributed by atoms with Crippen molar-refractivity contribution in [3.05, 3.63) is 40.5 Å². The van der Waals surface area contributed by atoms with E-state index in [0.29, 0.717) is 34.9 Å². The number of aliphatic hydroxyl groups is 1. The van der Waals surface area contributed by atoms with Gasteiger partial charge in [-0.05, 0) is 38.0 Å². The number of carbonyl (C=O) groups is 2. The van der Waals surface area contributed by atoms with E-state index in [0.717, 1.165) is 0 Å². The fourth-order valence-electron chi connectivity index (χ4n) is 2.80. The van der Waals surface area contributed by atoms with Crippen molar-refractivity contribution in [3.8, 4) is 0 Å². The van der Waals surface area contributed by atoms with E-state index in [9.17, 15) is 14.7 Å². The summed E-state index contributed by atoms with van der Waals surface area (Å²) in [6.07, 6.45) is 0.676. The summed E-state index contributed by atoms with van der Waals surface area (Å²) in [6.45, 7) is 4.79. The van der Waals surface area contributed by atoms with Crippen molar-refractivity contribution in [1.29, 1.82) is 0 Å². The van der Waals surface area contributed by atoms with Gasteiger partial charge in [-0.1, -0.05) is 23.7 Å². The van der Waals surface area contributed by atoms with Gasteiger partial charge in [-0.2, -0.15) is 0 Å². The number of rotatable bonds is 9. The van der Waals surface area contributed by atoms with Crippen LogP contribution in [-0.2, 0) is 14.3 Å². The van der Waals surface area contributed by atoms with Crippen molar-refractivity contribution in [2.45, 2.75) is 26.4 Å². The Balaban J connectivity index is 2.27. The van der Waals surface area contributed by atoms with Crippen LogP contribution in [-0.4, -0.2) is 66.2 Å². The molecule has 1 aromatic carbocycles. The number of hydrogen-bond acceptors (Lipinski definition) is 5. The van der Waals surface area contributed by atoms with E-state index >= 15 is 0 Å². The Bertz CT molecular complexity index is 685. The molecule has 0 spiro atoms. The maximum Gasteiger partial charge on any atom is 0.277 e. The molecule has 0 saturated heterocycles. The van der Waals surface area contributed by atoms with Crippen LogP contribution in [0.2, 0.25) is 5.02 Å². The number of imide groups is 1. The molecule has 0 fully saturated rings. The molecule has 0 atom stereocenters. The van der Waals surface area contributed by atoms with Gasteiger partial charge in [0.25, 0.3) is 11.8 Å². The highest BCUT2D eigenvalue weighted by Gasteiger charge is 2.40. The molecule has 2 rings (SSSR count). The third kappa shape index (κ3) is 4.63. The minimum atomic E-state index is -0.347. The number of carbonyl (C=O) groups excluding carboxylic acids is 2. The molecule has 6 nitrogen and oxygen atoms in total. The average Bonchev–Trinajstić information content (AvgIpc) is 2.83. The molecule has 1 aromatic rings. The molecule has 26 heavy (non-hydrogen) atoms. The number of ether oxygens (including phenoxy) is 1. The lowest BCUT2D eigenvalue weighted by atomic mass is 10.0. The minimum Gasteiger partial charge on any atom is -0.395 e. The molecule has 1 N–H and O–H groups in total. The van der Waals surface area contributed by atoms with Crippen LogP contribution in [0.5, 0.6) is 0 Å². The monoisotopic (exact) mass is 380 g/mol. The highest BCUT2D eigenvalue weighted by Crippen LogP contribution is 2.31. The van der Waals surface area contributed by atoms with E-state index in [1.807, 2.05) is 13.8 Å². The van der Waals surface area contributed by atoms with Crippen LogP contribution in [0.1, 0.15) is 25.8 Å². The van der Waals surface area contributed by atoms with Gasteiger partial charge < -0.3 is 14.7 Å². The largest absolute Gasteiger partial charge is 0.395 e. The van der Waals surface area contributed by atoms with Crippen molar-refractivity contribution in [2.24, 2.45) is 0 Å². The number of halogens is 1. The Labute approximate surface area is 159 Å². The van der Waals surface area contributed by atoms with Gasteiger partial charge in [-0.25, -0.2) is 0 Å². The van der Waals surface area contributed by atoms with Crippen LogP contribution in [0.4, 0.5) is 0 Å². The van der Waals surface area contributed by atoms with E-state index in [4.69, 9.17) is 16.3 Å². The number of benzene rings is 1. The third-order valence-corrected chi connectivity index (χ3v) is 4.32. The zero-order valence-electron chi connectivity index (χ0n) is 15.4. The molecule has 0 aliphatic carbocycles. The zero-order chi connectivity index (χ0) is 19.3. The smallest absolute Gasteiger partial charge is 0.277 e. The predicted molar refractivity (Wildman–Crippen MR) is 101 cm³/mol. The zero-order valence-corrected chi connectivity index (χ0v) is 16.1. The Morgan fingerprint density at radius 1 is 1.19 bits per heavy atom. The summed E-state index contributed by atoms with van der Waals surface area (Å²) >= 11 is 5.94. The average molecular weight is 381 g/mol. The maximum atomic E-state index is 12.9. The van der Waals surface area contributed by atoms with Gasteiger partial charge in [0.1, 0.15) is 5.70 Å². The first-order valence-electron chi connectivity index (χ1n) is 8.66. The summed E-state index contributed by atoms with van der Waals surface area (Å²) in [5.74, 6) is -0.679. The lowest BCUT2D eigenvalue weighted by Gasteiger charge is -2.20. The molecule has 2 amide bonds. The van der Waals surface area contributed by atoms with Crippen LogP contribution >= 0.6 is 11.6 Å². The molecule has 142 valence electrons. The normalized spacial score (nSPS) is 14.8. The summed E-state index contributed by atoms with van der Waals surface area (Å²) < 4.78 is 5.49. The van der Waals surface area contributed by atoms with Crippen molar-refractivity contribution < 1.29 is 19.4 Å². The fourth-order valence-corrected chi connectivity index (χ4v) is 2.93. The fraction of sp³-hybridized carbons (Fsp3) is 0.474. The van der Waals surface area contributed by atoms with Gasteiger partial charge in [0.15, 0.2) is 0 Å². The number of amides is 2. The first-order chi connectivity index (χ1) is 12.4. The van der Waals surface area contributed by atoms with Crippen molar-refractivity contribution >= 4 is 29.0 Å². The Hall–Kier alpha value is -1.89. The van der Waals surface area contributed by atoms with Gasteiger partial charge >= 0.3 is 0 Å². The quantitative estimate of drug-likeness (QED) is 0.525. The molecule has 0 unspecified atom stereocenters. The summed E-state index contributed by atoms with van der Waals surface area (Å²) in [4.78, 5) is 28.7. The van der Waals surface area contributed by atoms with Crippen molar-refractivity contribution in [1.82, 2.24) is 9.80 Å². The van der Waals surface area contributed by atoms with Gasteiger partial charge in [0.2, 0.25) is 0 Å². The summed E-state index contributed by atoms with van der Waals surface area (Å²) in [6, 6.07) is 6.82. The van der Waals surface area contributed by atoms with Crippen LogP contribution in [0.25, 0.3) is 5.57 Å². The van der Waals surface area contributed by atoms with E-state index in [1.165, 1.54) is 4.90 Å². The maximum absolute atomic E-state index is 12.9.